The van der Waals surface area contributed by atoms with Crippen LogP contribution >= 0.6 is 11.3 Å². The van der Waals surface area contributed by atoms with Crippen molar-refractivity contribution in [3.63, 3.8) is 0 Å². The van der Waals surface area contributed by atoms with Crippen LogP contribution in [-0.4, -0.2) is 46.9 Å². The summed E-state index contributed by atoms with van der Waals surface area (Å²) in [5.41, 5.74) is 3.48. The molecule has 2 aliphatic rings. The van der Waals surface area contributed by atoms with E-state index in [1.807, 2.05) is 16.3 Å². The topological polar surface area (TPSA) is 36.4 Å². The van der Waals surface area contributed by atoms with Gasteiger partial charge in [-0.15, -0.1) is 11.3 Å². The Balaban J connectivity index is 1.34. The Kier molecular flexibility index (Phi) is 3.66. The second-order valence-corrected chi connectivity index (χ2v) is 7.34. The Morgan fingerprint density at radius 2 is 2.22 bits per heavy atom. The van der Waals surface area contributed by atoms with Crippen molar-refractivity contribution in [3.8, 4) is 0 Å². The zero-order valence-electron chi connectivity index (χ0n) is 12.7. The molecule has 0 aliphatic carbocycles. The maximum absolute atomic E-state index is 13.2. The van der Waals surface area contributed by atoms with E-state index < -0.39 is 0 Å². The first-order valence-electron chi connectivity index (χ1n) is 7.78. The first-order chi connectivity index (χ1) is 11.1. The SMILES string of the molecule is O=C(c1cscn1)N1CCC2(CN(Cc3cccc(F)c3)C2)C1. The van der Waals surface area contributed by atoms with Crippen LogP contribution in [0.2, 0.25) is 0 Å². The van der Waals surface area contributed by atoms with Crippen LogP contribution in [0.25, 0.3) is 0 Å². The molecule has 120 valence electrons. The first-order valence-corrected chi connectivity index (χ1v) is 8.72. The van der Waals surface area contributed by atoms with E-state index in [1.54, 1.807) is 17.6 Å². The zero-order valence-corrected chi connectivity index (χ0v) is 13.6. The summed E-state index contributed by atoms with van der Waals surface area (Å²) in [6, 6.07) is 6.78. The summed E-state index contributed by atoms with van der Waals surface area (Å²) in [4.78, 5) is 20.7. The van der Waals surface area contributed by atoms with Crippen molar-refractivity contribution in [2.45, 2.75) is 13.0 Å². The minimum atomic E-state index is -0.182. The average Bonchev–Trinajstić information content (AvgIpc) is 3.16. The van der Waals surface area contributed by atoms with Crippen LogP contribution in [0.3, 0.4) is 0 Å². The molecule has 23 heavy (non-hydrogen) atoms. The van der Waals surface area contributed by atoms with E-state index in [0.717, 1.165) is 44.7 Å². The Hall–Kier alpha value is -1.79. The lowest BCUT2D eigenvalue weighted by Crippen LogP contribution is -2.57. The molecule has 2 saturated heterocycles. The van der Waals surface area contributed by atoms with Crippen molar-refractivity contribution in [1.82, 2.24) is 14.8 Å². The summed E-state index contributed by atoms with van der Waals surface area (Å²) < 4.78 is 13.2. The van der Waals surface area contributed by atoms with Crippen LogP contribution in [-0.2, 0) is 6.54 Å². The highest BCUT2D eigenvalue weighted by atomic mass is 32.1. The van der Waals surface area contributed by atoms with E-state index in [4.69, 9.17) is 0 Å². The molecule has 1 aromatic carbocycles. The summed E-state index contributed by atoms with van der Waals surface area (Å²) >= 11 is 1.45. The molecule has 3 heterocycles. The largest absolute Gasteiger partial charge is 0.337 e. The average molecular weight is 331 g/mol. The first kappa shape index (κ1) is 14.8. The normalized spacial score (nSPS) is 20.0. The molecule has 1 spiro atoms. The molecule has 6 heteroatoms. The van der Waals surface area contributed by atoms with Crippen LogP contribution in [0.1, 0.15) is 22.5 Å². The summed E-state index contributed by atoms with van der Waals surface area (Å²) in [6.45, 7) is 4.35. The molecular weight excluding hydrogens is 313 g/mol. The third-order valence-corrected chi connectivity index (χ3v) is 5.38. The molecule has 4 nitrogen and oxygen atoms in total. The van der Waals surface area contributed by atoms with E-state index in [0.29, 0.717) is 5.69 Å². The number of carbonyl (C=O) groups excluding carboxylic acids is 1. The van der Waals surface area contributed by atoms with Gasteiger partial charge in [0.25, 0.3) is 5.91 Å². The standard InChI is InChI=1S/C17H18FN3OS/c18-14-3-1-2-13(6-14)7-20-9-17(10-20)4-5-21(11-17)16(22)15-8-23-12-19-15/h1-3,6,8,12H,4-5,7,9-11H2. The molecule has 0 bridgehead atoms. The molecule has 2 fully saturated rings. The summed E-state index contributed by atoms with van der Waals surface area (Å²) in [6.07, 6.45) is 1.04. The number of likely N-dealkylation sites (tertiary alicyclic amines) is 2. The van der Waals surface area contributed by atoms with Crippen molar-refractivity contribution < 1.29 is 9.18 Å². The van der Waals surface area contributed by atoms with E-state index in [2.05, 4.69) is 9.88 Å². The number of hydrogen-bond donors (Lipinski definition) is 0. The van der Waals surface area contributed by atoms with Gasteiger partial charge < -0.3 is 4.90 Å². The van der Waals surface area contributed by atoms with E-state index in [1.165, 1.54) is 17.4 Å². The van der Waals surface area contributed by atoms with Crippen LogP contribution in [0.15, 0.2) is 35.2 Å². The Labute approximate surface area is 138 Å². The minimum absolute atomic E-state index is 0.0479. The molecule has 0 saturated carbocycles. The number of rotatable bonds is 3. The van der Waals surface area contributed by atoms with Gasteiger partial charge >= 0.3 is 0 Å². The zero-order chi connectivity index (χ0) is 15.9. The van der Waals surface area contributed by atoms with Gasteiger partial charge in [-0.1, -0.05) is 12.1 Å². The highest BCUT2D eigenvalue weighted by molar-refractivity contribution is 7.07. The molecule has 0 atom stereocenters. The second kappa shape index (κ2) is 5.69. The molecule has 2 aliphatic heterocycles. The fraction of sp³-hybridized carbons (Fsp3) is 0.412. The second-order valence-electron chi connectivity index (χ2n) is 6.63. The van der Waals surface area contributed by atoms with E-state index >= 15 is 0 Å². The van der Waals surface area contributed by atoms with Gasteiger partial charge in [-0.2, -0.15) is 0 Å². The monoisotopic (exact) mass is 331 g/mol. The fourth-order valence-electron chi connectivity index (χ4n) is 3.75. The molecule has 0 N–H and O–H groups in total. The van der Waals surface area contributed by atoms with Crippen molar-refractivity contribution in [1.29, 1.82) is 0 Å². The van der Waals surface area contributed by atoms with Crippen molar-refractivity contribution in [2.24, 2.45) is 5.41 Å². The van der Waals surface area contributed by atoms with Gasteiger partial charge in [-0.25, -0.2) is 9.37 Å². The molecule has 2 aromatic rings. The summed E-state index contributed by atoms with van der Waals surface area (Å²) in [5, 5.41) is 1.81. The number of nitrogens with zero attached hydrogens (tertiary/aromatic N) is 3. The number of hydrogen-bond acceptors (Lipinski definition) is 4. The summed E-state index contributed by atoms with van der Waals surface area (Å²) in [5.74, 6) is -0.134. The Morgan fingerprint density at radius 1 is 1.35 bits per heavy atom. The third kappa shape index (κ3) is 2.88. The van der Waals surface area contributed by atoms with E-state index in [9.17, 15) is 9.18 Å². The number of aromatic nitrogens is 1. The van der Waals surface area contributed by atoms with Crippen molar-refractivity contribution in [2.75, 3.05) is 26.2 Å². The highest BCUT2D eigenvalue weighted by Crippen LogP contribution is 2.40. The van der Waals surface area contributed by atoms with E-state index in [-0.39, 0.29) is 17.1 Å². The van der Waals surface area contributed by atoms with Gasteiger partial charge in [-0.05, 0) is 24.1 Å². The lowest BCUT2D eigenvalue weighted by Gasteiger charge is -2.48. The lowest BCUT2D eigenvalue weighted by molar-refractivity contribution is 0.00251. The van der Waals surface area contributed by atoms with Crippen LogP contribution in [0.4, 0.5) is 4.39 Å². The quantitative estimate of drug-likeness (QED) is 0.867. The predicted molar refractivity (Wildman–Crippen MR) is 86.7 cm³/mol. The Morgan fingerprint density at radius 3 is 2.96 bits per heavy atom. The molecule has 0 radical (unpaired) electrons. The third-order valence-electron chi connectivity index (χ3n) is 4.79. The van der Waals surface area contributed by atoms with Gasteiger partial charge in [0.15, 0.2) is 0 Å². The molecule has 4 rings (SSSR count). The van der Waals surface area contributed by atoms with Crippen LogP contribution in [0.5, 0.6) is 0 Å². The van der Waals surface area contributed by atoms with Gasteiger partial charge in [0.2, 0.25) is 0 Å². The molecular formula is C17H18FN3OS. The predicted octanol–water partition coefficient (Wildman–Crippen LogP) is 2.63. The van der Waals surface area contributed by atoms with Gasteiger partial charge in [0.1, 0.15) is 11.5 Å². The van der Waals surface area contributed by atoms with Crippen LogP contribution in [0, 0.1) is 11.2 Å². The smallest absolute Gasteiger partial charge is 0.273 e. The van der Waals surface area contributed by atoms with Crippen molar-refractivity contribution >= 4 is 17.2 Å². The highest BCUT2D eigenvalue weighted by Gasteiger charge is 2.48. The number of thiazole rings is 1. The van der Waals surface area contributed by atoms with Crippen molar-refractivity contribution in [3.05, 3.63) is 52.2 Å². The number of carbonyl (C=O) groups is 1. The molecule has 1 aromatic heterocycles. The van der Waals surface area contributed by atoms with Gasteiger partial charge in [0.05, 0.1) is 5.51 Å². The number of halogens is 1. The van der Waals surface area contributed by atoms with Gasteiger partial charge in [-0.3, -0.25) is 9.69 Å². The number of benzene rings is 1. The lowest BCUT2D eigenvalue weighted by atomic mass is 9.79. The number of amides is 1. The molecule has 1 amide bonds. The maximum atomic E-state index is 13.2. The molecule has 0 unspecified atom stereocenters. The Bertz CT molecular complexity index is 712. The van der Waals surface area contributed by atoms with Crippen LogP contribution < -0.4 is 0 Å². The summed E-state index contributed by atoms with van der Waals surface area (Å²) in [7, 11) is 0. The fourth-order valence-corrected chi connectivity index (χ4v) is 4.28. The maximum Gasteiger partial charge on any atom is 0.273 e. The minimum Gasteiger partial charge on any atom is -0.337 e. The van der Waals surface area contributed by atoms with Gasteiger partial charge in [0, 0.05) is 43.5 Å².